The van der Waals surface area contributed by atoms with Gasteiger partial charge < -0.3 is 14.8 Å². The number of aromatic nitrogens is 2. The fourth-order valence-electron chi connectivity index (χ4n) is 3.35. The van der Waals surface area contributed by atoms with Crippen LogP contribution in [0.3, 0.4) is 0 Å². The van der Waals surface area contributed by atoms with Crippen LogP contribution >= 0.6 is 0 Å². The van der Waals surface area contributed by atoms with Gasteiger partial charge in [-0.3, -0.25) is 4.79 Å². The van der Waals surface area contributed by atoms with Crippen molar-refractivity contribution in [2.45, 2.75) is 32.4 Å². The normalized spacial score (nSPS) is 14.0. The minimum Gasteiger partial charge on any atom is -0.483 e. The van der Waals surface area contributed by atoms with Crippen LogP contribution in [0.2, 0.25) is 0 Å². The predicted molar refractivity (Wildman–Crippen MR) is 110 cm³/mol. The summed E-state index contributed by atoms with van der Waals surface area (Å²) in [6, 6.07) is 17.5. The van der Waals surface area contributed by atoms with Crippen LogP contribution in [0.4, 0.5) is 0 Å². The SMILES string of the molecule is CC1(C)Cc2cccc(OCC(=O)NCc3cc(-c4ccccc4)ncn3)c2O1. The molecule has 3 aromatic rings. The molecular formula is C23H23N3O3. The molecule has 1 amide bonds. The molecule has 0 aliphatic carbocycles. The quantitative estimate of drug-likeness (QED) is 0.698. The van der Waals surface area contributed by atoms with Gasteiger partial charge in [-0.1, -0.05) is 42.5 Å². The van der Waals surface area contributed by atoms with Crippen molar-refractivity contribution in [2.75, 3.05) is 6.61 Å². The zero-order chi connectivity index (χ0) is 20.3. The van der Waals surface area contributed by atoms with E-state index in [1.54, 1.807) is 0 Å². The van der Waals surface area contributed by atoms with E-state index in [0.29, 0.717) is 12.3 Å². The van der Waals surface area contributed by atoms with Crippen molar-refractivity contribution >= 4 is 5.91 Å². The van der Waals surface area contributed by atoms with E-state index in [1.165, 1.54) is 6.33 Å². The van der Waals surface area contributed by atoms with E-state index in [1.807, 2.05) is 68.4 Å². The summed E-state index contributed by atoms with van der Waals surface area (Å²) in [5.41, 5.74) is 3.40. The Morgan fingerprint density at radius 2 is 1.97 bits per heavy atom. The fraction of sp³-hybridized carbons (Fsp3) is 0.261. The molecule has 0 bridgehead atoms. The average molecular weight is 389 g/mol. The second-order valence-electron chi connectivity index (χ2n) is 7.61. The molecule has 0 unspecified atom stereocenters. The summed E-state index contributed by atoms with van der Waals surface area (Å²) in [7, 11) is 0. The zero-order valence-corrected chi connectivity index (χ0v) is 16.5. The Labute approximate surface area is 169 Å². The Balaban J connectivity index is 1.34. The minimum absolute atomic E-state index is 0.0864. The van der Waals surface area contributed by atoms with E-state index in [-0.39, 0.29) is 18.1 Å². The Morgan fingerprint density at radius 1 is 1.14 bits per heavy atom. The van der Waals surface area contributed by atoms with Crippen LogP contribution in [0.1, 0.15) is 25.1 Å². The monoisotopic (exact) mass is 389 g/mol. The van der Waals surface area contributed by atoms with E-state index in [2.05, 4.69) is 15.3 Å². The Bertz CT molecular complexity index is 1020. The lowest BCUT2D eigenvalue weighted by atomic mass is 10.0. The highest BCUT2D eigenvalue weighted by Gasteiger charge is 2.32. The van der Waals surface area contributed by atoms with E-state index in [4.69, 9.17) is 9.47 Å². The molecular weight excluding hydrogens is 366 g/mol. The number of hydrogen-bond acceptors (Lipinski definition) is 5. The molecule has 1 aliphatic rings. The van der Waals surface area contributed by atoms with Crippen molar-refractivity contribution in [1.82, 2.24) is 15.3 Å². The molecule has 0 atom stereocenters. The second kappa shape index (κ2) is 7.91. The highest BCUT2D eigenvalue weighted by molar-refractivity contribution is 5.77. The Kier molecular flexibility index (Phi) is 5.16. The molecule has 1 N–H and O–H groups in total. The second-order valence-corrected chi connectivity index (χ2v) is 7.61. The third-order valence-electron chi connectivity index (χ3n) is 4.67. The van der Waals surface area contributed by atoms with Crippen LogP contribution in [0.25, 0.3) is 11.3 Å². The zero-order valence-electron chi connectivity index (χ0n) is 16.5. The number of carbonyl (C=O) groups is 1. The van der Waals surface area contributed by atoms with Crippen LogP contribution in [-0.4, -0.2) is 28.1 Å². The number of carbonyl (C=O) groups excluding carboxylic acids is 1. The maximum absolute atomic E-state index is 12.3. The highest BCUT2D eigenvalue weighted by Crippen LogP contribution is 2.41. The van der Waals surface area contributed by atoms with Gasteiger partial charge in [0.15, 0.2) is 18.1 Å². The minimum atomic E-state index is -0.256. The molecule has 0 radical (unpaired) electrons. The third kappa shape index (κ3) is 4.54. The molecule has 0 fully saturated rings. The van der Waals surface area contributed by atoms with Crippen molar-refractivity contribution in [3.63, 3.8) is 0 Å². The first-order valence-electron chi connectivity index (χ1n) is 9.57. The summed E-state index contributed by atoms with van der Waals surface area (Å²) in [6.45, 7) is 4.29. The van der Waals surface area contributed by atoms with Gasteiger partial charge in [0.1, 0.15) is 11.9 Å². The van der Waals surface area contributed by atoms with Gasteiger partial charge >= 0.3 is 0 Å². The smallest absolute Gasteiger partial charge is 0.258 e. The summed E-state index contributed by atoms with van der Waals surface area (Å²) < 4.78 is 11.7. The van der Waals surface area contributed by atoms with Gasteiger partial charge in [0.05, 0.1) is 17.9 Å². The third-order valence-corrected chi connectivity index (χ3v) is 4.67. The van der Waals surface area contributed by atoms with Crippen LogP contribution in [0, 0.1) is 0 Å². The number of rotatable bonds is 6. The van der Waals surface area contributed by atoms with Gasteiger partial charge in [0, 0.05) is 17.5 Å². The topological polar surface area (TPSA) is 73.3 Å². The molecule has 6 heteroatoms. The molecule has 0 spiro atoms. The maximum Gasteiger partial charge on any atom is 0.258 e. The van der Waals surface area contributed by atoms with Gasteiger partial charge in [-0.25, -0.2) is 9.97 Å². The molecule has 148 valence electrons. The summed E-state index contributed by atoms with van der Waals surface area (Å²) in [5, 5.41) is 2.84. The van der Waals surface area contributed by atoms with E-state index < -0.39 is 0 Å². The summed E-state index contributed by atoms with van der Waals surface area (Å²) in [4.78, 5) is 20.8. The summed E-state index contributed by atoms with van der Waals surface area (Å²) >= 11 is 0. The lowest BCUT2D eigenvalue weighted by Gasteiger charge is -2.18. The largest absolute Gasteiger partial charge is 0.483 e. The van der Waals surface area contributed by atoms with Crippen LogP contribution < -0.4 is 14.8 Å². The standard InChI is InChI=1S/C23H23N3O3/c1-23(2)12-17-9-6-10-20(22(17)29-23)28-14-21(27)24-13-18-11-19(26-15-25-18)16-7-4-3-5-8-16/h3-11,15H,12-14H2,1-2H3,(H,24,27). The fourth-order valence-corrected chi connectivity index (χ4v) is 3.35. The first-order valence-corrected chi connectivity index (χ1v) is 9.57. The molecule has 0 saturated carbocycles. The Morgan fingerprint density at radius 3 is 2.79 bits per heavy atom. The molecule has 4 rings (SSSR count). The first-order chi connectivity index (χ1) is 14.0. The summed E-state index contributed by atoms with van der Waals surface area (Å²) in [5.74, 6) is 1.10. The molecule has 1 aliphatic heterocycles. The van der Waals surface area contributed by atoms with Crippen molar-refractivity contribution in [2.24, 2.45) is 0 Å². The predicted octanol–water partition coefficient (Wildman–Crippen LogP) is 3.55. The molecule has 2 heterocycles. The maximum atomic E-state index is 12.3. The van der Waals surface area contributed by atoms with Crippen molar-refractivity contribution in [1.29, 1.82) is 0 Å². The van der Waals surface area contributed by atoms with Crippen molar-refractivity contribution in [3.05, 3.63) is 72.2 Å². The van der Waals surface area contributed by atoms with E-state index in [0.717, 1.165) is 34.7 Å². The van der Waals surface area contributed by atoms with Gasteiger partial charge in [-0.15, -0.1) is 0 Å². The van der Waals surface area contributed by atoms with Gasteiger partial charge in [-0.05, 0) is 26.0 Å². The van der Waals surface area contributed by atoms with Crippen molar-refractivity contribution in [3.8, 4) is 22.8 Å². The highest BCUT2D eigenvalue weighted by atomic mass is 16.5. The van der Waals surface area contributed by atoms with Crippen LogP contribution in [-0.2, 0) is 17.8 Å². The van der Waals surface area contributed by atoms with Crippen LogP contribution in [0.5, 0.6) is 11.5 Å². The first kappa shape index (κ1) is 18.9. The number of nitrogens with one attached hydrogen (secondary N) is 1. The number of amides is 1. The van der Waals surface area contributed by atoms with Gasteiger partial charge in [0.2, 0.25) is 0 Å². The molecule has 2 aromatic carbocycles. The molecule has 0 saturated heterocycles. The van der Waals surface area contributed by atoms with E-state index >= 15 is 0 Å². The lowest BCUT2D eigenvalue weighted by Crippen LogP contribution is -2.29. The number of nitrogens with zero attached hydrogens (tertiary/aromatic N) is 2. The number of benzene rings is 2. The Hall–Kier alpha value is -3.41. The molecule has 29 heavy (non-hydrogen) atoms. The number of hydrogen-bond donors (Lipinski definition) is 1. The number of ether oxygens (including phenoxy) is 2. The van der Waals surface area contributed by atoms with Crippen LogP contribution in [0.15, 0.2) is 60.9 Å². The number of para-hydroxylation sites is 1. The lowest BCUT2D eigenvalue weighted by molar-refractivity contribution is -0.123. The van der Waals surface area contributed by atoms with Gasteiger partial charge in [0.25, 0.3) is 5.91 Å². The molecule has 1 aromatic heterocycles. The molecule has 6 nitrogen and oxygen atoms in total. The number of fused-ring (bicyclic) bond motifs is 1. The van der Waals surface area contributed by atoms with E-state index in [9.17, 15) is 4.79 Å². The summed E-state index contributed by atoms with van der Waals surface area (Å²) in [6.07, 6.45) is 2.33. The average Bonchev–Trinajstić information content (AvgIpc) is 3.06. The van der Waals surface area contributed by atoms with Gasteiger partial charge in [-0.2, -0.15) is 0 Å². The van der Waals surface area contributed by atoms with Crippen molar-refractivity contribution < 1.29 is 14.3 Å².